The molecule has 0 aliphatic carbocycles. The number of nitrogens with zero attached hydrogens (tertiary/aromatic N) is 1. The number of carbonyl (C=O) groups is 1. The van der Waals surface area contributed by atoms with Crippen LogP contribution in [0.3, 0.4) is 0 Å². The minimum Gasteiger partial charge on any atom is -0.324 e. The highest BCUT2D eigenvalue weighted by Crippen LogP contribution is 2.28. The second-order valence-electron chi connectivity index (χ2n) is 6.67. The summed E-state index contributed by atoms with van der Waals surface area (Å²) in [5.74, 6) is -0.488. The third kappa shape index (κ3) is 5.48. The number of rotatable bonds is 5. The molecule has 28 heavy (non-hydrogen) atoms. The van der Waals surface area contributed by atoms with Gasteiger partial charge in [-0.1, -0.05) is 51.3 Å². The van der Waals surface area contributed by atoms with E-state index in [-0.39, 0.29) is 17.6 Å². The van der Waals surface area contributed by atoms with Gasteiger partial charge in [0.25, 0.3) is 0 Å². The molecular weight excluding hydrogens is 487 g/mol. The summed E-state index contributed by atoms with van der Waals surface area (Å²) in [5.41, 5.74) is 1.20. The molecular formula is C19H19BrCl2N2O3S. The first-order valence-electron chi connectivity index (χ1n) is 8.73. The Morgan fingerprint density at radius 2 is 1.75 bits per heavy atom. The molecule has 0 aromatic heterocycles. The van der Waals surface area contributed by atoms with Crippen LogP contribution in [-0.4, -0.2) is 31.7 Å². The van der Waals surface area contributed by atoms with Crippen LogP contribution < -0.4 is 5.32 Å². The fourth-order valence-corrected chi connectivity index (χ4v) is 5.27. The standard InChI is InChI=1S/C19H19BrCl2N2O3S/c20-15-3-1-13(2-4-15)12-28(26,27)24-9-7-14(8-10-24)19(25)23-18-11-16(21)5-6-17(18)22/h1-6,11,14H,7-10,12H2,(H,23,25). The number of hydrogen-bond donors (Lipinski definition) is 1. The van der Waals surface area contributed by atoms with Crippen LogP contribution in [0.25, 0.3) is 0 Å². The van der Waals surface area contributed by atoms with Crippen molar-refractivity contribution in [2.24, 2.45) is 5.92 Å². The third-order valence-corrected chi connectivity index (χ3v) is 7.61. The van der Waals surface area contributed by atoms with E-state index >= 15 is 0 Å². The molecule has 1 aliphatic heterocycles. The summed E-state index contributed by atoms with van der Waals surface area (Å²) in [7, 11) is -3.42. The molecule has 0 bridgehead atoms. The molecule has 1 fully saturated rings. The van der Waals surface area contributed by atoms with Crippen LogP contribution in [-0.2, 0) is 20.6 Å². The zero-order valence-electron chi connectivity index (χ0n) is 14.9. The zero-order chi connectivity index (χ0) is 20.3. The highest BCUT2D eigenvalue weighted by molar-refractivity contribution is 9.10. The summed E-state index contributed by atoms with van der Waals surface area (Å²) in [6.45, 7) is 0.639. The van der Waals surface area contributed by atoms with E-state index in [1.165, 1.54) is 4.31 Å². The van der Waals surface area contributed by atoms with E-state index < -0.39 is 10.0 Å². The summed E-state index contributed by atoms with van der Waals surface area (Å²) in [6.07, 6.45) is 0.924. The Balaban J connectivity index is 1.58. The molecule has 1 heterocycles. The minimum absolute atomic E-state index is 0.0464. The highest BCUT2D eigenvalue weighted by Gasteiger charge is 2.31. The van der Waals surface area contributed by atoms with Gasteiger partial charge in [0.15, 0.2) is 0 Å². The molecule has 2 aromatic rings. The van der Waals surface area contributed by atoms with Crippen molar-refractivity contribution in [2.75, 3.05) is 18.4 Å². The lowest BCUT2D eigenvalue weighted by atomic mass is 9.97. The Morgan fingerprint density at radius 3 is 2.39 bits per heavy atom. The van der Waals surface area contributed by atoms with Gasteiger partial charge in [0.2, 0.25) is 15.9 Å². The van der Waals surface area contributed by atoms with Gasteiger partial charge in [0, 0.05) is 28.5 Å². The number of amides is 1. The molecule has 9 heteroatoms. The number of nitrogens with one attached hydrogen (secondary N) is 1. The number of anilines is 1. The summed E-state index contributed by atoms with van der Waals surface area (Å²) >= 11 is 15.4. The van der Waals surface area contributed by atoms with Crippen LogP contribution >= 0.6 is 39.1 Å². The molecule has 3 rings (SSSR count). The molecule has 1 N–H and O–H groups in total. The van der Waals surface area contributed by atoms with Gasteiger partial charge < -0.3 is 5.32 Å². The van der Waals surface area contributed by atoms with Crippen molar-refractivity contribution in [3.05, 3.63) is 62.5 Å². The molecule has 0 unspecified atom stereocenters. The molecule has 5 nitrogen and oxygen atoms in total. The number of hydrogen-bond acceptors (Lipinski definition) is 3. The lowest BCUT2D eigenvalue weighted by molar-refractivity contribution is -0.120. The van der Waals surface area contributed by atoms with Gasteiger partial charge in [-0.15, -0.1) is 0 Å². The Hall–Kier alpha value is -1.12. The van der Waals surface area contributed by atoms with E-state index in [2.05, 4.69) is 21.2 Å². The Bertz CT molecular complexity index is 960. The molecule has 0 atom stereocenters. The molecule has 0 spiro atoms. The first kappa shape index (κ1) is 21.6. The first-order valence-corrected chi connectivity index (χ1v) is 11.9. The van der Waals surface area contributed by atoms with Crippen molar-refractivity contribution >= 4 is 60.7 Å². The maximum atomic E-state index is 12.7. The van der Waals surface area contributed by atoms with E-state index in [0.717, 1.165) is 10.0 Å². The molecule has 2 aromatic carbocycles. The van der Waals surface area contributed by atoms with Gasteiger partial charge in [0.1, 0.15) is 0 Å². The molecule has 1 aliphatic rings. The van der Waals surface area contributed by atoms with Crippen molar-refractivity contribution in [1.82, 2.24) is 4.31 Å². The van der Waals surface area contributed by atoms with Crippen LogP contribution in [0.5, 0.6) is 0 Å². The number of benzene rings is 2. The fourth-order valence-electron chi connectivity index (χ4n) is 3.11. The summed E-state index contributed by atoms with van der Waals surface area (Å²) < 4.78 is 27.7. The maximum absolute atomic E-state index is 12.7. The Labute approximate surface area is 183 Å². The number of halogens is 3. The summed E-state index contributed by atoms with van der Waals surface area (Å²) in [6, 6.07) is 12.1. The van der Waals surface area contributed by atoms with Gasteiger partial charge in [-0.25, -0.2) is 12.7 Å². The average molecular weight is 506 g/mol. The van der Waals surface area contributed by atoms with Gasteiger partial charge in [-0.2, -0.15) is 0 Å². The van der Waals surface area contributed by atoms with Crippen molar-refractivity contribution in [1.29, 1.82) is 0 Å². The van der Waals surface area contributed by atoms with E-state index in [1.54, 1.807) is 30.3 Å². The fraction of sp³-hybridized carbons (Fsp3) is 0.316. The summed E-state index contributed by atoms with van der Waals surface area (Å²) in [4.78, 5) is 12.5. The summed E-state index contributed by atoms with van der Waals surface area (Å²) in [5, 5.41) is 3.68. The van der Waals surface area contributed by atoms with Crippen LogP contribution in [0.2, 0.25) is 10.0 Å². The van der Waals surface area contributed by atoms with Gasteiger partial charge in [-0.05, 0) is 48.7 Å². The SMILES string of the molecule is O=C(Nc1cc(Cl)ccc1Cl)C1CCN(S(=O)(=O)Cc2ccc(Br)cc2)CC1. The predicted octanol–water partition coefficient (Wildman–Crippen LogP) is 4.94. The van der Waals surface area contributed by atoms with Crippen LogP contribution in [0, 0.1) is 5.92 Å². The van der Waals surface area contributed by atoms with Crippen LogP contribution in [0.1, 0.15) is 18.4 Å². The van der Waals surface area contributed by atoms with Gasteiger partial charge in [0.05, 0.1) is 16.5 Å². The lowest BCUT2D eigenvalue weighted by Gasteiger charge is -2.30. The topological polar surface area (TPSA) is 66.5 Å². The number of sulfonamides is 1. The van der Waals surface area contributed by atoms with Gasteiger partial charge in [-0.3, -0.25) is 4.79 Å². The predicted molar refractivity (Wildman–Crippen MR) is 116 cm³/mol. The second kappa shape index (κ2) is 9.13. The minimum atomic E-state index is -3.42. The first-order chi connectivity index (χ1) is 13.2. The van der Waals surface area contributed by atoms with E-state index in [1.807, 2.05) is 12.1 Å². The van der Waals surface area contributed by atoms with Crippen molar-refractivity contribution in [3.63, 3.8) is 0 Å². The molecule has 0 saturated carbocycles. The van der Waals surface area contributed by atoms with Crippen LogP contribution in [0.4, 0.5) is 5.69 Å². The molecule has 1 amide bonds. The normalized spacial score (nSPS) is 16.1. The Kier molecular flexibility index (Phi) is 7.04. The smallest absolute Gasteiger partial charge is 0.227 e. The van der Waals surface area contributed by atoms with Crippen LogP contribution in [0.15, 0.2) is 46.9 Å². The monoisotopic (exact) mass is 504 g/mol. The van der Waals surface area contributed by atoms with Gasteiger partial charge >= 0.3 is 0 Å². The number of carbonyl (C=O) groups excluding carboxylic acids is 1. The van der Waals surface area contributed by atoms with Crippen molar-refractivity contribution < 1.29 is 13.2 Å². The molecule has 1 saturated heterocycles. The van der Waals surface area contributed by atoms with Crippen molar-refractivity contribution in [3.8, 4) is 0 Å². The average Bonchev–Trinajstić information content (AvgIpc) is 2.66. The molecule has 0 radical (unpaired) electrons. The van der Waals surface area contributed by atoms with E-state index in [0.29, 0.717) is 41.7 Å². The second-order valence-corrected chi connectivity index (χ2v) is 10.4. The van der Waals surface area contributed by atoms with E-state index in [4.69, 9.17) is 23.2 Å². The maximum Gasteiger partial charge on any atom is 0.227 e. The third-order valence-electron chi connectivity index (χ3n) is 4.67. The largest absolute Gasteiger partial charge is 0.324 e. The quantitative estimate of drug-likeness (QED) is 0.626. The van der Waals surface area contributed by atoms with E-state index in [9.17, 15) is 13.2 Å². The Morgan fingerprint density at radius 1 is 1.11 bits per heavy atom. The zero-order valence-corrected chi connectivity index (χ0v) is 18.8. The highest BCUT2D eigenvalue weighted by atomic mass is 79.9. The van der Waals surface area contributed by atoms with Crippen molar-refractivity contribution in [2.45, 2.75) is 18.6 Å². The lowest BCUT2D eigenvalue weighted by Crippen LogP contribution is -2.41. The number of piperidine rings is 1. The molecule has 150 valence electrons.